The lowest BCUT2D eigenvalue weighted by atomic mass is 9.89. The molecule has 0 aliphatic carbocycles. The SMILES string of the molecule is COc1cc(NCC(C)(C)CCO)c(N)cc1F. The molecule has 1 aromatic rings. The van der Waals surface area contributed by atoms with Gasteiger partial charge in [0, 0.05) is 25.3 Å². The van der Waals surface area contributed by atoms with Gasteiger partial charge in [0.2, 0.25) is 0 Å². The molecule has 0 unspecified atom stereocenters. The minimum atomic E-state index is -0.477. The van der Waals surface area contributed by atoms with E-state index in [9.17, 15) is 4.39 Å². The van der Waals surface area contributed by atoms with Crippen molar-refractivity contribution in [2.24, 2.45) is 5.41 Å². The Kier molecular flexibility index (Phi) is 4.78. The Morgan fingerprint density at radius 1 is 1.44 bits per heavy atom. The second-order valence-electron chi connectivity index (χ2n) is 5.07. The maximum Gasteiger partial charge on any atom is 0.167 e. The average Bonchev–Trinajstić information content (AvgIpc) is 2.28. The monoisotopic (exact) mass is 256 g/mol. The highest BCUT2D eigenvalue weighted by molar-refractivity contribution is 5.68. The van der Waals surface area contributed by atoms with Crippen molar-refractivity contribution in [3.05, 3.63) is 17.9 Å². The number of hydrogen-bond donors (Lipinski definition) is 3. The van der Waals surface area contributed by atoms with Crippen LogP contribution in [0.3, 0.4) is 0 Å². The summed E-state index contributed by atoms with van der Waals surface area (Å²) in [5.74, 6) is -0.318. The largest absolute Gasteiger partial charge is 0.494 e. The summed E-state index contributed by atoms with van der Waals surface area (Å²) in [6.07, 6.45) is 0.679. The van der Waals surface area contributed by atoms with Gasteiger partial charge >= 0.3 is 0 Å². The molecule has 0 bridgehead atoms. The number of nitrogens with two attached hydrogens (primary N) is 1. The van der Waals surface area contributed by atoms with E-state index in [0.717, 1.165) is 0 Å². The maximum atomic E-state index is 13.4. The highest BCUT2D eigenvalue weighted by Crippen LogP contribution is 2.29. The number of hydrogen-bond acceptors (Lipinski definition) is 4. The molecule has 0 fully saturated rings. The number of benzene rings is 1. The van der Waals surface area contributed by atoms with Crippen LogP contribution in [0.4, 0.5) is 15.8 Å². The molecule has 5 heteroatoms. The van der Waals surface area contributed by atoms with Crippen LogP contribution in [0.25, 0.3) is 0 Å². The third-order valence-electron chi connectivity index (χ3n) is 2.87. The van der Waals surface area contributed by atoms with Crippen molar-refractivity contribution in [1.82, 2.24) is 0 Å². The predicted octanol–water partition coefficient (Wildman–Crippen LogP) is 2.24. The number of halogens is 1. The number of ether oxygens (including phenoxy) is 1. The van der Waals surface area contributed by atoms with Crippen molar-refractivity contribution in [3.63, 3.8) is 0 Å². The first-order chi connectivity index (χ1) is 8.39. The summed E-state index contributed by atoms with van der Waals surface area (Å²) in [5, 5.41) is 12.1. The van der Waals surface area contributed by atoms with Crippen molar-refractivity contribution in [1.29, 1.82) is 0 Å². The van der Waals surface area contributed by atoms with Crippen LogP contribution >= 0.6 is 0 Å². The lowest BCUT2D eigenvalue weighted by molar-refractivity contribution is 0.220. The van der Waals surface area contributed by atoms with Gasteiger partial charge in [-0.2, -0.15) is 0 Å². The van der Waals surface area contributed by atoms with Crippen LogP contribution in [0.1, 0.15) is 20.3 Å². The Bertz CT molecular complexity index is 408. The molecule has 18 heavy (non-hydrogen) atoms. The Morgan fingerprint density at radius 2 is 2.11 bits per heavy atom. The summed E-state index contributed by atoms with van der Waals surface area (Å²) < 4.78 is 18.3. The minimum Gasteiger partial charge on any atom is -0.494 e. The van der Waals surface area contributed by atoms with E-state index in [1.165, 1.54) is 13.2 Å². The molecule has 0 saturated heterocycles. The molecule has 102 valence electrons. The Labute approximate surface area is 107 Å². The van der Waals surface area contributed by atoms with Gasteiger partial charge < -0.3 is 20.9 Å². The van der Waals surface area contributed by atoms with E-state index in [1.807, 2.05) is 13.8 Å². The zero-order chi connectivity index (χ0) is 13.8. The van der Waals surface area contributed by atoms with Crippen LogP contribution in [0.2, 0.25) is 0 Å². The van der Waals surface area contributed by atoms with E-state index in [1.54, 1.807) is 6.07 Å². The quantitative estimate of drug-likeness (QED) is 0.683. The predicted molar refractivity (Wildman–Crippen MR) is 71.3 cm³/mol. The first-order valence-corrected chi connectivity index (χ1v) is 5.87. The molecule has 1 rings (SSSR count). The van der Waals surface area contributed by atoms with Gasteiger partial charge in [0.1, 0.15) is 0 Å². The molecule has 0 radical (unpaired) electrons. The number of nitrogens with one attached hydrogen (secondary N) is 1. The van der Waals surface area contributed by atoms with Crippen LogP contribution in [0.5, 0.6) is 5.75 Å². The van der Waals surface area contributed by atoms with Crippen LogP contribution in [-0.4, -0.2) is 25.4 Å². The van der Waals surface area contributed by atoms with Gasteiger partial charge in [-0.05, 0) is 11.8 Å². The summed E-state index contributed by atoms with van der Waals surface area (Å²) in [4.78, 5) is 0. The molecular weight excluding hydrogens is 235 g/mol. The van der Waals surface area contributed by atoms with Crippen LogP contribution in [-0.2, 0) is 0 Å². The van der Waals surface area contributed by atoms with Crippen LogP contribution in [0.15, 0.2) is 12.1 Å². The van der Waals surface area contributed by atoms with Gasteiger partial charge in [-0.3, -0.25) is 0 Å². The molecule has 0 atom stereocenters. The van der Waals surface area contributed by atoms with E-state index in [4.69, 9.17) is 15.6 Å². The van der Waals surface area contributed by atoms with E-state index in [2.05, 4.69) is 5.32 Å². The molecular formula is C13H21FN2O2. The first kappa shape index (κ1) is 14.6. The molecule has 0 spiro atoms. The summed E-state index contributed by atoms with van der Waals surface area (Å²) >= 11 is 0. The summed E-state index contributed by atoms with van der Waals surface area (Å²) in [6.45, 7) is 4.84. The second kappa shape index (κ2) is 5.91. The molecule has 0 aliphatic heterocycles. The van der Waals surface area contributed by atoms with Crippen molar-refractivity contribution in [2.45, 2.75) is 20.3 Å². The molecule has 0 amide bonds. The molecule has 4 N–H and O–H groups in total. The summed E-state index contributed by atoms with van der Waals surface area (Å²) in [7, 11) is 1.41. The Morgan fingerprint density at radius 3 is 2.67 bits per heavy atom. The number of nitrogen functional groups attached to an aromatic ring is 1. The number of rotatable bonds is 6. The molecule has 4 nitrogen and oxygen atoms in total. The lowest BCUT2D eigenvalue weighted by Crippen LogP contribution is -2.24. The zero-order valence-corrected chi connectivity index (χ0v) is 11.1. The van der Waals surface area contributed by atoms with Gasteiger partial charge in [-0.25, -0.2) is 4.39 Å². The van der Waals surface area contributed by atoms with Gasteiger partial charge in [-0.15, -0.1) is 0 Å². The highest BCUT2D eigenvalue weighted by Gasteiger charge is 2.18. The fourth-order valence-corrected chi connectivity index (χ4v) is 1.60. The number of aliphatic hydroxyl groups is 1. The molecule has 1 aromatic carbocycles. The van der Waals surface area contributed by atoms with Gasteiger partial charge in [-0.1, -0.05) is 13.8 Å². The standard InChI is InChI=1S/C13H21FN2O2/c1-13(2,4-5-17)8-16-11-7-12(18-3)9(14)6-10(11)15/h6-7,16-17H,4-5,8,15H2,1-3H3. The lowest BCUT2D eigenvalue weighted by Gasteiger charge is -2.25. The molecule has 0 heterocycles. The Balaban J connectivity index is 2.79. The van der Waals surface area contributed by atoms with Crippen LogP contribution < -0.4 is 15.8 Å². The fourth-order valence-electron chi connectivity index (χ4n) is 1.60. The van der Waals surface area contributed by atoms with Crippen molar-refractivity contribution in [3.8, 4) is 5.75 Å². The number of anilines is 2. The van der Waals surface area contributed by atoms with E-state index < -0.39 is 5.82 Å². The van der Waals surface area contributed by atoms with Gasteiger partial charge in [0.05, 0.1) is 18.5 Å². The maximum absolute atomic E-state index is 13.4. The zero-order valence-electron chi connectivity index (χ0n) is 11.1. The van der Waals surface area contributed by atoms with Crippen molar-refractivity contribution >= 4 is 11.4 Å². The summed E-state index contributed by atoms with van der Waals surface area (Å²) in [5.41, 5.74) is 6.65. The van der Waals surface area contributed by atoms with Gasteiger partial charge in [0.15, 0.2) is 11.6 Å². The average molecular weight is 256 g/mol. The third-order valence-corrected chi connectivity index (χ3v) is 2.87. The molecule has 0 aromatic heterocycles. The molecule has 0 saturated carbocycles. The Hall–Kier alpha value is -1.49. The molecule has 0 aliphatic rings. The topological polar surface area (TPSA) is 67.5 Å². The summed E-state index contributed by atoms with van der Waals surface area (Å²) in [6, 6.07) is 2.78. The number of methoxy groups -OCH3 is 1. The minimum absolute atomic E-state index is 0.0667. The third kappa shape index (κ3) is 3.77. The smallest absolute Gasteiger partial charge is 0.167 e. The normalized spacial score (nSPS) is 11.4. The van der Waals surface area contributed by atoms with Crippen LogP contribution in [0, 0.1) is 11.2 Å². The fraction of sp³-hybridized carbons (Fsp3) is 0.538. The number of aliphatic hydroxyl groups excluding tert-OH is 1. The van der Waals surface area contributed by atoms with Gasteiger partial charge in [0.25, 0.3) is 0 Å². The van der Waals surface area contributed by atoms with E-state index >= 15 is 0 Å². The van der Waals surface area contributed by atoms with Crippen molar-refractivity contribution < 1.29 is 14.2 Å². The highest BCUT2D eigenvalue weighted by atomic mass is 19.1. The van der Waals surface area contributed by atoms with E-state index in [0.29, 0.717) is 24.3 Å². The first-order valence-electron chi connectivity index (χ1n) is 5.87. The van der Waals surface area contributed by atoms with E-state index in [-0.39, 0.29) is 17.8 Å². The van der Waals surface area contributed by atoms with Crippen molar-refractivity contribution in [2.75, 3.05) is 31.3 Å². The second-order valence-corrected chi connectivity index (χ2v) is 5.07.